The average molecular weight is 376 g/mol. The van der Waals surface area contributed by atoms with Crippen LogP contribution in [0, 0.1) is 12.7 Å². The second-order valence-electron chi connectivity index (χ2n) is 6.56. The van der Waals surface area contributed by atoms with E-state index >= 15 is 0 Å². The van der Waals surface area contributed by atoms with Crippen LogP contribution < -0.4 is 5.32 Å². The van der Waals surface area contributed by atoms with Crippen LogP contribution in [-0.4, -0.2) is 48.6 Å². The zero-order valence-corrected chi connectivity index (χ0v) is 15.6. The molecule has 1 saturated heterocycles. The lowest BCUT2D eigenvalue weighted by atomic mass is 10.1. The number of nitrogens with zero attached hydrogens (tertiary/aromatic N) is 2. The minimum Gasteiger partial charge on any atom is -0.322 e. The van der Waals surface area contributed by atoms with Crippen LogP contribution >= 0.6 is 11.6 Å². The van der Waals surface area contributed by atoms with E-state index in [1.807, 2.05) is 31.2 Å². The van der Waals surface area contributed by atoms with Crippen LogP contribution in [0.4, 0.5) is 14.9 Å². The number of rotatable bonds is 4. The summed E-state index contributed by atoms with van der Waals surface area (Å²) < 4.78 is 13.7. The quantitative estimate of drug-likeness (QED) is 0.870. The molecule has 1 heterocycles. The first kappa shape index (κ1) is 18.7. The monoisotopic (exact) mass is 375 g/mol. The number of piperazine rings is 1. The van der Waals surface area contributed by atoms with Gasteiger partial charge in [-0.25, -0.2) is 9.18 Å². The highest BCUT2D eigenvalue weighted by Gasteiger charge is 2.21. The Balaban J connectivity index is 1.46. The minimum atomic E-state index is -0.151. The smallest absolute Gasteiger partial charge is 0.321 e. The van der Waals surface area contributed by atoms with Gasteiger partial charge >= 0.3 is 6.03 Å². The molecule has 0 atom stereocenters. The predicted octanol–water partition coefficient (Wildman–Crippen LogP) is 4.18. The summed E-state index contributed by atoms with van der Waals surface area (Å²) in [6, 6.07) is 12.3. The van der Waals surface area contributed by atoms with E-state index in [9.17, 15) is 9.18 Å². The molecule has 2 amide bonds. The normalized spacial score (nSPS) is 15.1. The van der Waals surface area contributed by atoms with Crippen molar-refractivity contribution in [3.05, 3.63) is 64.4 Å². The summed E-state index contributed by atoms with van der Waals surface area (Å²) in [5.41, 5.74) is 2.42. The SMILES string of the molecule is Cc1ccc(NC(=O)N2CCN(CCc3ccccc3F)CC2)cc1Cl. The van der Waals surface area contributed by atoms with Gasteiger partial charge < -0.3 is 10.2 Å². The number of aryl methyl sites for hydroxylation is 1. The molecule has 2 aromatic rings. The summed E-state index contributed by atoms with van der Waals surface area (Å²) in [6.07, 6.45) is 0.681. The molecular formula is C20H23ClFN3O. The summed E-state index contributed by atoms with van der Waals surface area (Å²) in [6.45, 7) is 5.61. The second kappa shape index (κ2) is 8.52. The lowest BCUT2D eigenvalue weighted by Gasteiger charge is -2.34. The molecule has 0 saturated carbocycles. The molecule has 1 aliphatic heterocycles. The predicted molar refractivity (Wildman–Crippen MR) is 103 cm³/mol. The standard InChI is InChI=1S/C20H23ClFN3O/c1-15-6-7-17(14-18(15)21)23-20(26)25-12-10-24(11-13-25)9-8-16-4-2-3-5-19(16)22/h2-7,14H,8-13H2,1H3,(H,23,26). The van der Waals surface area contributed by atoms with Crippen molar-refractivity contribution in [1.82, 2.24) is 9.80 Å². The first-order valence-corrected chi connectivity index (χ1v) is 9.18. The van der Waals surface area contributed by atoms with Crippen molar-refractivity contribution in [2.75, 3.05) is 38.0 Å². The molecule has 1 aliphatic rings. The van der Waals surface area contributed by atoms with Crippen LogP contribution in [0.5, 0.6) is 0 Å². The average Bonchev–Trinajstić information content (AvgIpc) is 2.64. The Hall–Kier alpha value is -2.11. The van der Waals surface area contributed by atoms with Gasteiger partial charge in [0.05, 0.1) is 0 Å². The van der Waals surface area contributed by atoms with E-state index in [0.29, 0.717) is 30.2 Å². The topological polar surface area (TPSA) is 35.6 Å². The summed E-state index contributed by atoms with van der Waals surface area (Å²) in [4.78, 5) is 16.5. The molecular weight excluding hydrogens is 353 g/mol. The molecule has 1 fully saturated rings. The second-order valence-corrected chi connectivity index (χ2v) is 6.97. The largest absolute Gasteiger partial charge is 0.322 e. The third-order valence-electron chi connectivity index (χ3n) is 4.74. The Bertz CT molecular complexity index is 775. The highest BCUT2D eigenvalue weighted by molar-refractivity contribution is 6.31. The summed E-state index contributed by atoms with van der Waals surface area (Å²) in [7, 11) is 0. The van der Waals surface area contributed by atoms with Crippen molar-refractivity contribution < 1.29 is 9.18 Å². The van der Waals surface area contributed by atoms with Gasteiger partial charge in [-0.15, -0.1) is 0 Å². The van der Waals surface area contributed by atoms with Crippen molar-refractivity contribution in [2.24, 2.45) is 0 Å². The first-order valence-electron chi connectivity index (χ1n) is 8.81. The molecule has 0 radical (unpaired) electrons. The van der Waals surface area contributed by atoms with Gasteiger partial charge in [0.2, 0.25) is 0 Å². The minimum absolute atomic E-state index is 0.112. The number of halogens is 2. The van der Waals surface area contributed by atoms with Crippen LogP contribution in [0.15, 0.2) is 42.5 Å². The summed E-state index contributed by atoms with van der Waals surface area (Å²) in [5, 5.41) is 3.53. The number of carbonyl (C=O) groups is 1. The highest BCUT2D eigenvalue weighted by Crippen LogP contribution is 2.20. The number of nitrogens with one attached hydrogen (secondary N) is 1. The van der Waals surface area contributed by atoms with Crippen molar-refractivity contribution in [3.8, 4) is 0 Å². The van der Waals surface area contributed by atoms with Crippen LogP contribution in [0.2, 0.25) is 5.02 Å². The Morgan fingerprint density at radius 3 is 2.58 bits per heavy atom. The van der Waals surface area contributed by atoms with Crippen molar-refractivity contribution >= 4 is 23.3 Å². The van der Waals surface area contributed by atoms with Gasteiger partial charge in [-0.3, -0.25) is 4.90 Å². The number of anilines is 1. The molecule has 138 valence electrons. The molecule has 3 rings (SSSR count). The zero-order chi connectivity index (χ0) is 18.5. The maximum atomic E-state index is 13.7. The lowest BCUT2D eigenvalue weighted by molar-refractivity contribution is 0.148. The van der Waals surface area contributed by atoms with Gasteiger partial charge in [0, 0.05) is 43.4 Å². The third kappa shape index (κ3) is 4.74. The van der Waals surface area contributed by atoms with E-state index in [2.05, 4.69) is 10.2 Å². The number of amides is 2. The van der Waals surface area contributed by atoms with Gasteiger partial charge in [0.15, 0.2) is 0 Å². The van der Waals surface area contributed by atoms with E-state index in [1.54, 1.807) is 17.0 Å². The Morgan fingerprint density at radius 2 is 1.88 bits per heavy atom. The highest BCUT2D eigenvalue weighted by atomic mass is 35.5. The number of hydrogen-bond donors (Lipinski definition) is 1. The van der Waals surface area contributed by atoms with Crippen LogP contribution in [0.3, 0.4) is 0 Å². The van der Waals surface area contributed by atoms with Crippen LogP contribution in [-0.2, 0) is 6.42 Å². The Kier molecular flexibility index (Phi) is 6.12. The number of carbonyl (C=O) groups excluding carboxylic acids is 1. The van der Waals surface area contributed by atoms with E-state index < -0.39 is 0 Å². The van der Waals surface area contributed by atoms with Crippen LogP contribution in [0.1, 0.15) is 11.1 Å². The Morgan fingerprint density at radius 1 is 1.15 bits per heavy atom. The molecule has 0 aromatic heterocycles. The van der Waals surface area contributed by atoms with E-state index in [1.165, 1.54) is 6.07 Å². The van der Waals surface area contributed by atoms with Crippen LogP contribution in [0.25, 0.3) is 0 Å². The van der Waals surface area contributed by atoms with Gasteiger partial charge in [0.25, 0.3) is 0 Å². The first-order chi connectivity index (χ1) is 12.5. The number of benzene rings is 2. The van der Waals surface area contributed by atoms with Crippen molar-refractivity contribution in [1.29, 1.82) is 0 Å². The van der Waals surface area contributed by atoms with E-state index in [4.69, 9.17) is 11.6 Å². The Labute approximate surface area is 158 Å². The molecule has 4 nitrogen and oxygen atoms in total. The molecule has 6 heteroatoms. The van der Waals surface area contributed by atoms with Crippen molar-refractivity contribution in [3.63, 3.8) is 0 Å². The summed E-state index contributed by atoms with van der Waals surface area (Å²) in [5.74, 6) is -0.151. The molecule has 2 aromatic carbocycles. The third-order valence-corrected chi connectivity index (χ3v) is 5.15. The molecule has 1 N–H and O–H groups in total. The summed E-state index contributed by atoms with van der Waals surface area (Å²) >= 11 is 6.10. The van der Waals surface area contributed by atoms with Crippen molar-refractivity contribution in [2.45, 2.75) is 13.3 Å². The fraction of sp³-hybridized carbons (Fsp3) is 0.350. The van der Waals surface area contributed by atoms with E-state index in [-0.39, 0.29) is 11.8 Å². The fourth-order valence-electron chi connectivity index (χ4n) is 3.03. The van der Waals surface area contributed by atoms with Gasteiger partial charge in [-0.1, -0.05) is 35.9 Å². The van der Waals surface area contributed by atoms with Gasteiger partial charge in [0.1, 0.15) is 5.82 Å². The van der Waals surface area contributed by atoms with Gasteiger partial charge in [-0.2, -0.15) is 0 Å². The molecule has 26 heavy (non-hydrogen) atoms. The number of urea groups is 1. The van der Waals surface area contributed by atoms with Gasteiger partial charge in [-0.05, 0) is 42.7 Å². The lowest BCUT2D eigenvalue weighted by Crippen LogP contribution is -2.50. The van der Waals surface area contributed by atoms with E-state index in [0.717, 1.165) is 30.8 Å². The molecule has 0 bridgehead atoms. The molecule has 0 unspecified atom stereocenters. The molecule has 0 spiro atoms. The maximum absolute atomic E-state index is 13.7. The fourth-order valence-corrected chi connectivity index (χ4v) is 3.21. The maximum Gasteiger partial charge on any atom is 0.321 e. The number of hydrogen-bond acceptors (Lipinski definition) is 2. The molecule has 0 aliphatic carbocycles. The zero-order valence-electron chi connectivity index (χ0n) is 14.8.